The number of ketones is 1. The molecule has 2 N–H and O–H groups in total. The van der Waals surface area contributed by atoms with E-state index in [0.29, 0.717) is 25.2 Å². The van der Waals surface area contributed by atoms with E-state index in [1.165, 1.54) is 0 Å². The summed E-state index contributed by atoms with van der Waals surface area (Å²) in [6, 6.07) is 34.4. The van der Waals surface area contributed by atoms with Gasteiger partial charge in [0.15, 0.2) is 5.78 Å². The van der Waals surface area contributed by atoms with Crippen molar-refractivity contribution in [1.29, 1.82) is 0 Å². The summed E-state index contributed by atoms with van der Waals surface area (Å²) >= 11 is 0. The molecule has 0 saturated heterocycles. The van der Waals surface area contributed by atoms with Crippen LogP contribution in [-0.4, -0.2) is 45.7 Å². The lowest BCUT2D eigenvalue weighted by Gasteiger charge is -2.37. The first kappa shape index (κ1) is 39.3. The van der Waals surface area contributed by atoms with Crippen molar-refractivity contribution < 1.29 is 19.0 Å². The molecule has 0 radical (unpaired) electrons. The first-order valence-corrected chi connectivity index (χ1v) is 19.3. The molecule has 0 heterocycles. The number of hydrogen-bond acceptors (Lipinski definition) is 7. The van der Waals surface area contributed by atoms with Crippen molar-refractivity contribution in [3.8, 4) is 17.2 Å². The van der Waals surface area contributed by atoms with Crippen molar-refractivity contribution in [3.05, 3.63) is 121 Å². The number of ether oxygens (including phenoxy) is 3. The van der Waals surface area contributed by atoms with Gasteiger partial charge in [0, 0.05) is 22.3 Å². The van der Waals surface area contributed by atoms with Gasteiger partial charge in [-0.25, -0.2) is 0 Å². The normalized spacial score (nSPS) is 13.0. The highest BCUT2D eigenvalue weighted by molar-refractivity contribution is 7.87. The standard InChI is InChI=1S/C43H56N3O4P/c1-31(46-41(43(5,6)7)39(47)29-16-32-14-12-11-13-15-32)45-40(42(2,3)4)30-44-51(36-23-17-33(48-8)18-24-36,37-25-19-34(49-9)20-26-37)38-27-21-35(50-10)22-28-38/h11-15,17-28,40-41,45-46H,1,16,29-30H2,2-10H3/t40-,41-/m0/s1. The number of methoxy groups -OCH3 is 3. The third-order valence-electron chi connectivity index (χ3n) is 9.22. The van der Waals surface area contributed by atoms with E-state index < -0.39 is 13.1 Å². The lowest BCUT2D eigenvalue weighted by Crippen LogP contribution is -2.51. The number of Topliss-reactive ketones (excluding diaryl/α,β-unsaturated/α-hetero) is 1. The average Bonchev–Trinajstić information content (AvgIpc) is 3.12. The van der Waals surface area contributed by atoms with Crippen LogP contribution in [0.1, 0.15) is 53.5 Å². The third kappa shape index (κ3) is 10.1. The van der Waals surface area contributed by atoms with Gasteiger partial charge in [0.2, 0.25) is 0 Å². The summed E-state index contributed by atoms with van der Waals surface area (Å²) in [4.78, 5) is 13.7. The van der Waals surface area contributed by atoms with Crippen LogP contribution in [0.5, 0.6) is 17.2 Å². The monoisotopic (exact) mass is 709 g/mol. The maximum Gasteiger partial charge on any atom is 0.155 e. The number of hydrogen-bond donors (Lipinski definition) is 2. The quantitative estimate of drug-likeness (QED) is 0.115. The van der Waals surface area contributed by atoms with E-state index in [1.807, 2.05) is 54.6 Å². The molecule has 272 valence electrons. The fraction of sp³-hybridized carbons (Fsp3) is 0.372. The van der Waals surface area contributed by atoms with E-state index >= 15 is 0 Å². The summed E-state index contributed by atoms with van der Waals surface area (Å²) in [6.45, 7) is 17.7. The first-order valence-electron chi connectivity index (χ1n) is 17.5. The maximum absolute atomic E-state index is 13.7. The van der Waals surface area contributed by atoms with E-state index in [1.54, 1.807) is 21.3 Å². The van der Waals surface area contributed by atoms with Crippen molar-refractivity contribution >= 4 is 28.8 Å². The van der Waals surface area contributed by atoms with Crippen LogP contribution in [0.4, 0.5) is 0 Å². The molecule has 7 nitrogen and oxygen atoms in total. The molecular weight excluding hydrogens is 653 g/mol. The number of nitrogens with one attached hydrogen (secondary N) is 2. The summed E-state index contributed by atoms with van der Waals surface area (Å²) in [5.74, 6) is 3.12. The molecule has 0 aliphatic heterocycles. The Bertz CT molecular complexity index is 1650. The highest BCUT2D eigenvalue weighted by Gasteiger charge is 2.34. The topological polar surface area (TPSA) is 81.2 Å². The summed E-state index contributed by atoms with van der Waals surface area (Å²) in [5, 5.41) is 10.5. The molecular formula is C43H56N3O4P. The van der Waals surface area contributed by atoms with Gasteiger partial charge in [-0.2, -0.15) is 0 Å². The van der Waals surface area contributed by atoms with E-state index in [9.17, 15) is 4.79 Å². The molecule has 4 aromatic rings. The lowest BCUT2D eigenvalue weighted by atomic mass is 9.82. The predicted molar refractivity (Wildman–Crippen MR) is 214 cm³/mol. The Balaban J connectivity index is 1.75. The number of benzene rings is 4. The van der Waals surface area contributed by atoms with Crippen LogP contribution >= 0.6 is 7.05 Å². The van der Waals surface area contributed by atoms with Crippen molar-refractivity contribution in [2.75, 3.05) is 27.9 Å². The third-order valence-corrected chi connectivity index (χ3v) is 12.9. The molecule has 8 heteroatoms. The Kier molecular flexibility index (Phi) is 13.2. The molecule has 0 amide bonds. The van der Waals surface area contributed by atoms with E-state index in [-0.39, 0.29) is 22.7 Å². The van der Waals surface area contributed by atoms with Crippen LogP contribution in [0.25, 0.3) is 0 Å². The Morgan fingerprint density at radius 2 is 1.10 bits per heavy atom. The smallest absolute Gasteiger partial charge is 0.155 e. The fourth-order valence-electron chi connectivity index (χ4n) is 6.09. The van der Waals surface area contributed by atoms with E-state index in [2.05, 4.69) is 107 Å². The van der Waals surface area contributed by atoms with Gasteiger partial charge in [-0.3, -0.25) is 9.54 Å². The number of carbonyl (C=O) groups excluding carboxylic acids is 1. The molecule has 0 spiro atoms. The fourth-order valence-corrected chi connectivity index (χ4v) is 9.62. The number of nitrogens with zero attached hydrogens (tertiary/aromatic N) is 1. The zero-order valence-electron chi connectivity index (χ0n) is 31.8. The van der Waals surface area contributed by atoms with Crippen LogP contribution in [0.2, 0.25) is 0 Å². The van der Waals surface area contributed by atoms with Gasteiger partial charge in [-0.1, -0.05) is 78.5 Å². The minimum absolute atomic E-state index is 0.119. The number of rotatable bonds is 16. The largest absolute Gasteiger partial charge is 0.497 e. The van der Waals surface area contributed by atoms with Gasteiger partial charge in [0.25, 0.3) is 0 Å². The second kappa shape index (κ2) is 17.2. The van der Waals surface area contributed by atoms with E-state index in [4.69, 9.17) is 19.0 Å². The molecule has 51 heavy (non-hydrogen) atoms. The molecule has 0 fully saturated rings. The second-order valence-electron chi connectivity index (χ2n) is 15.0. The number of aryl methyl sites for hydroxylation is 1. The van der Waals surface area contributed by atoms with Gasteiger partial charge in [-0.15, -0.1) is 0 Å². The summed E-state index contributed by atoms with van der Waals surface area (Å²) in [6.07, 6.45) is 1.15. The Hall–Kier alpha value is -4.48. The minimum atomic E-state index is -2.61. The van der Waals surface area contributed by atoms with Crippen molar-refractivity contribution in [2.45, 2.75) is 66.5 Å². The van der Waals surface area contributed by atoms with Crippen LogP contribution in [-0.2, 0) is 11.2 Å². The highest BCUT2D eigenvalue weighted by atomic mass is 31.2. The summed E-state index contributed by atoms with van der Waals surface area (Å²) < 4.78 is 22.4. The van der Waals surface area contributed by atoms with Gasteiger partial charge in [-0.05, 0) is 95.6 Å². The van der Waals surface area contributed by atoms with Gasteiger partial charge >= 0.3 is 0 Å². The average molecular weight is 710 g/mol. The molecule has 4 rings (SSSR count). The van der Waals surface area contributed by atoms with Crippen LogP contribution < -0.4 is 40.8 Å². The zero-order valence-corrected chi connectivity index (χ0v) is 32.7. The SMILES string of the molecule is C=C(N[C@@H](CN=P(c1ccc(OC)cc1)(c1ccc(OC)cc1)c1ccc(OC)cc1)C(C)(C)C)N[C@@H](C(=O)CCc1ccccc1)C(C)(C)C. The van der Waals surface area contributed by atoms with Gasteiger partial charge in [0.05, 0.1) is 52.8 Å². The lowest BCUT2D eigenvalue weighted by molar-refractivity contribution is -0.123. The highest BCUT2D eigenvalue weighted by Crippen LogP contribution is 2.47. The molecule has 0 aliphatic rings. The Morgan fingerprint density at radius 1 is 0.667 bits per heavy atom. The van der Waals surface area contributed by atoms with E-state index in [0.717, 1.165) is 38.7 Å². The van der Waals surface area contributed by atoms with Crippen molar-refractivity contribution in [1.82, 2.24) is 10.6 Å². The minimum Gasteiger partial charge on any atom is -0.497 e. The van der Waals surface area contributed by atoms with Gasteiger partial charge in [0.1, 0.15) is 17.2 Å². The maximum atomic E-state index is 13.7. The molecule has 0 aromatic heterocycles. The molecule has 0 bridgehead atoms. The zero-order chi connectivity index (χ0) is 37.2. The van der Waals surface area contributed by atoms with Crippen LogP contribution in [0.3, 0.4) is 0 Å². The van der Waals surface area contributed by atoms with Crippen molar-refractivity contribution in [3.63, 3.8) is 0 Å². The number of carbonyl (C=O) groups is 1. The van der Waals surface area contributed by atoms with Crippen LogP contribution in [0, 0.1) is 10.8 Å². The molecule has 2 atom stereocenters. The Labute approximate surface area is 305 Å². The summed E-state index contributed by atoms with van der Waals surface area (Å²) in [7, 11) is 2.43. The molecule has 0 saturated carbocycles. The molecule has 0 aliphatic carbocycles. The van der Waals surface area contributed by atoms with Gasteiger partial charge < -0.3 is 24.8 Å². The Morgan fingerprint density at radius 3 is 1.47 bits per heavy atom. The van der Waals surface area contributed by atoms with Crippen molar-refractivity contribution in [2.24, 2.45) is 15.6 Å². The summed E-state index contributed by atoms with van der Waals surface area (Å²) in [5.41, 5.74) is 0.623. The molecule has 0 unspecified atom stereocenters. The molecule has 4 aromatic carbocycles. The predicted octanol–water partition coefficient (Wildman–Crippen LogP) is 7.87. The first-order chi connectivity index (χ1) is 24.2. The van der Waals surface area contributed by atoms with Crippen LogP contribution in [0.15, 0.2) is 120 Å². The second-order valence-corrected chi connectivity index (χ2v) is 18.1.